The van der Waals surface area contributed by atoms with Crippen molar-refractivity contribution >= 4 is 80.0 Å². The molecule has 2 aromatic carbocycles. The molecule has 0 aliphatic heterocycles. The van der Waals surface area contributed by atoms with E-state index < -0.39 is 6.04 Å². The van der Waals surface area contributed by atoms with Crippen LogP contribution in [0.1, 0.15) is 29.1 Å². The Kier molecular flexibility index (Phi) is 8.46. The highest BCUT2D eigenvalue weighted by molar-refractivity contribution is 9.10. The van der Waals surface area contributed by atoms with Crippen LogP contribution in [0.15, 0.2) is 46.0 Å². The summed E-state index contributed by atoms with van der Waals surface area (Å²) in [5.41, 5.74) is 0.907. The maximum atomic E-state index is 12.5. The number of carbonyl (C=O) groups is 2. The lowest BCUT2D eigenvalue weighted by Crippen LogP contribution is -2.28. The third-order valence-corrected chi connectivity index (χ3v) is 7.12. The van der Waals surface area contributed by atoms with Gasteiger partial charge in [-0.25, -0.2) is 0 Å². The molecule has 0 fully saturated rings. The minimum atomic E-state index is -0.445. The zero-order valence-corrected chi connectivity index (χ0v) is 21.5. The predicted octanol–water partition coefficient (Wildman–Crippen LogP) is 5.76. The van der Waals surface area contributed by atoms with Crippen molar-refractivity contribution in [3.63, 3.8) is 0 Å². The maximum Gasteiger partial charge on any atom is 0.253 e. The third-order valence-electron chi connectivity index (χ3n) is 4.31. The van der Waals surface area contributed by atoms with Gasteiger partial charge in [-0.3, -0.25) is 9.59 Å². The van der Waals surface area contributed by atoms with Crippen molar-refractivity contribution in [1.29, 1.82) is 0 Å². The second kappa shape index (κ2) is 10.9. The lowest BCUT2D eigenvalue weighted by atomic mass is 10.2. The monoisotopic (exact) mass is 575 g/mol. The van der Waals surface area contributed by atoms with E-state index in [2.05, 4.69) is 36.8 Å². The standard InChI is InChI=1S/C20H17BrCl3N5O2S/c1-10(25-19(31)13-5-3-11(22)7-15(13)23)18-27-28-20(29(18)2)32-9-17(30)26-12-4-6-14(21)16(24)8-12/h3-8,10H,9H2,1-2H3,(H,25,31)(H,26,30)/t10-/m0/s1. The molecule has 0 radical (unpaired) electrons. The number of thioether (sulfide) groups is 1. The van der Waals surface area contributed by atoms with E-state index in [4.69, 9.17) is 34.8 Å². The topological polar surface area (TPSA) is 88.9 Å². The van der Waals surface area contributed by atoms with Gasteiger partial charge < -0.3 is 15.2 Å². The molecule has 0 aliphatic carbocycles. The number of nitrogens with one attached hydrogen (secondary N) is 2. The number of benzene rings is 2. The highest BCUT2D eigenvalue weighted by Gasteiger charge is 2.20. The van der Waals surface area contributed by atoms with Gasteiger partial charge in [0.05, 0.1) is 27.4 Å². The fraction of sp³-hybridized carbons (Fsp3) is 0.200. The van der Waals surface area contributed by atoms with Crippen LogP contribution in [0, 0.1) is 0 Å². The summed E-state index contributed by atoms with van der Waals surface area (Å²) in [5.74, 6) is 0.0902. The largest absolute Gasteiger partial charge is 0.342 e. The second-order valence-electron chi connectivity index (χ2n) is 6.68. The summed E-state index contributed by atoms with van der Waals surface area (Å²) in [6, 6.07) is 9.38. The lowest BCUT2D eigenvalue weighted by molar-refractivity contribution is -0.113. The van der Waals surface area contributed by atoms with Gasteiger partial charge in [0.2, 0.25) is 5.91 Å². The van der Waals surface area contributed by atoms with Crippen LogP contribution in [0.3, 0.4) is 0 Å². The Morgan fingerprint density at radius 2 is 1.88 bits per heavy atom. The zero-order valence-electron chi connectivity index (χ0n) is 16.8. The second-order valence-corrected chi connectivity index (χ2v) is 9.73. The van der Waals surface area contributed by atoms with Crippen LogP contribution in [0.2, 0.25) is 15.1 Å². The molecule has 0 aliphatic rings. The maximum absolute atomic E-state index is 12.5. The number of anilines is 1. The Labute approximate surface area is 212 Å². The van der Waals surface area contributed by atoms with Crippen molar-refractivity contribution < 1.29 is 9.59 Å². The molecule has 2 amide bonds. The smallest absolute Gasteiger partial charge is 0.253 e. The molecule has 0 saturated carbocycles. The van der Waals surface area contributed by atoms with Crippen molar-refractivity contribution in [2.45, 2.75) is 18.1 Å². The summed E-state index contributed by atoms with van der Waals surface area (Å²) in [5, 5.41) is 15.6. The third kappa shape index (κ3) is 6.17. The van der Waals surface area contributed by atoms with Gasteiger partial charge in [0.25, 0.3) is 5.91 Å². The molecule has 1 heterocycles. The Morgan fingerprint density at radius 1 is 1.12 bits per heavy atom. The van der Waals surface area contributed by atoms with Crippen molar-refractivity contribution in [3.8, 4) is 0 Å². The molecule has 0 bridgehead atoms. The number of halogens is 4. The number of amides is 2. The molecule has 7 nitrogen and oxygen atoms in total. The van der Waals surface area contributed by atoms with Gasteiger partial charge in [-0.05, 0) is 59.3 Å². The first-order valence-electron chi connectivity index (χ1n) is 9.18. The Balaban J connectivity index is 1.59. The average Bonchev–Trinajstić information content (AvgIpc) is 3.09. The Bertz CT molecular complexity index is 1170. The number of hydrogen-bond acceptors (Lipinski definition) is 5. The lowest BCUT2D eigenvalue weighted by Gasteiger charge is -2.14. The first-order chi connectivity index (χ1) is 15.2. The number of aromatic nitrogens is 3. The molecule has 0 saturated heterocycles. The van der Waals surface area contributed by atoms with Crippen LogP contribution in [0.4, 0.5) is 5.69 Å². The van der Waals surface area contributed by atoms with Crippen molar-refractivity contribution in [1.82, 2.24) is 20.1 Å². The number of nitrogens with zero attached hydrogens (tertiary/aromatic N) is 3. The first kappa shape index (κ1) is 24.9. The van der Waals surface area contributed by atoms with Gasteiger partial charge >= 0.3 is 0 Å². The molecule has 3 aromatic rings. The zero-order chi connectivity index (χ0) is 23.4. The predicted molar refractivity (Wildman–Crippen MR) is 132 cm³/mol. The van der Waals surface area contributed by atoms with Crippen LogP contribution in [0.25, 0.3) is 0 Å². The summed E-state index contributed by atoms with van der Waals surface area (Å²) in [6.45, 7) is 1.78. The summed E-state index contributed by atoms with van der Waals surface area (Å²) in [6.07, 6.45) is 0. The van der Waals surface area contributed by atoms with E-state index in [1.54, 1.807) is 48.9 Å². The molecule has 2 N–H and O–H groups in total. The van der Waals surface area contributed by atoms with Gasteiger partial charge in [-0.15, -0.1) is 10.2 Å². The fourth-order valence-electron chi connectivity index (χ4n) is 2.74. The Hall–Kier alpha value is -1.78. The fourth-order valence-corrected chi connectivity index (χ4v) is 4.38. The van der Waals surface area contributed by atoms with Crippen molar-refractivity contribution in [3.05, 3.63) is 67.3 Å². The van der Waals surface area contributed by atoms with E-state index in [9.17, 15) is 9.59 Å². The summed E-state index contributed by atoms with van der Waals surface area (Å²) >= 11 is 22.6. The van der Waals surface area contributed by atoms with Crippen molar-refractivity contribution in [2.75, 3.05) is 11.1 Å². The summed E-state index contributed by atoms with van der Waals surface area (Å²) < 4.78 is 2.47. The number of hydrogen-bond donors (Lipinski definition) is 2. The Morgan fingerprint density at radius 3 is 2.56 bits per heavy atom. The van der Waals surface area contributed by atoms with E-state index in [-0.39, 0.29) is 22.6 Å². The normalized spacial score (nSPS) is 11.8. The first-order valence-corrected chi connectivity index (χ1v) is 12.1. The molecule has 0 spiro atoms. The minimum absolute atomic E-state index is 0.126. The molecular formula is C20H17BrCl3N5O2S. The van der Waals surface area contributed by atoms with Gasteiger partial charge in [0.1, 0.15) is 0 Å². The molecule has 3 rings (SSSR count). The number of carbonyl (C=O) groups excluding carboxylic acids is 2. The van der Waals surface area contributed by atoms with E-state index in [1.165, 1.54) is 17.8 Å². The molecule has 1 aromatic heterocycles. The molecular weight excluding hydrogens is 561 g/mol. The SMILES string of the molecule is C[C@H](NC(=O)c1ccc(Cl)cc1Cl)c1nnc(SCC(=O)Nc2ccc(Br)c(Cl)c2)n1C. The van der Waals surface area contributed by atoms with Crippen LogP contribution in [-0.4, -0.2) is 32.3 Å². The van der Waals surface area contributed by atoms with Gasteiger partial charge in [0.15, 0.2) is 11.0 Å². The van der Waals surface area contributed by atoms with E-state index in [0.29, 0.717) is 32.3 Å². The molecule has 32 heavy (non-hydrogen) atoms. The quantitative estimate of drug-likeness (QED) is 0.349. The van der Waals surface area contributed by atoms with Crippen molar-refractivity contribution in [2.24, 2.45) is 7.05 Å². The van der Waals surface area contributed by atoms with Gasteiger partial charge in [-0.1, -0.05) is 46.6 Å². The van der Waals surface area contributed by atoms with Crippen LogP contribution in [-0.2, 0) is 11.8 Å². The van der Waals surface area contributed by atoms with Gasteiger partial charge in [0, 0.05) is 22.2 Å². The molecule has 0 unspecified atom stereocenters. The van der Waals surface area contributed by atoms with Crippen LogP contribution >= 0.6 is 62.5 Å². The highest BCUT2D eigenvalue weighted by Crippen LogP contribution is 2.26. The minimum Gasteiger partial charge on any atom is -0.342 e. The summed E-state index contributed by atoms with van der Waals surface area (Å²) in [4.78, 5) is 24.8. The van der Waals surface area contributed by atoms with Crippen LogP contribution < -0.4 is 10.6 Å². The molecule has 168 valence electrons. The van der Waals surface area contributed by atoms with E-state index in [0.717, 1.165) is 4.47 Å². The molecule has 12 heteroatoms. The summed E-state index contributed by atoms with van der Waals surface area (Å²) in [7, 11) is 1.77. The molecule has 1 atom stereocenters. The van der Waals surface area contributed by atoms with Gasteiger partial charge in [-0.2, -0.15) is 0 Å². The van der Waals surface area contributed by atoms with E-state index in [1.807, 2.05) is 0 Å². The van der Waals surface area contributed by atoms with E-state index >= 15 is 0 Å². The number of rotatable bonds is 7. The highest BCUT2D eigenvalue weighted by atomic mass is 79.9. The average molecular weight is 578 g/mol. The van der Waals surface area contributed by atoms with Crippen LogP contribution in [0.5, 0.6) is 0 Å².